The maximum atomic E-state index is 11.6. The van der Waals surface area contributed by atoms with Gasteiger partial charge < -0.3 is 26.4 Å². The number of nitrogens with one attached hydrogen (secondary N) is 2. The number of carbonyl (C=O) groups excluding carboxylic acids is 3. The van der Waals surface area contributed by atoms with Crippen LogP contribution in [0.5, 0.6) is 0 Å². The third kappa shape index (κ3) is 16.3. The van der Waals surface area contributed by atoms with Gasteiger partial charge in [-0.15, -0.1) is 11.3 Å². The van der Waals surface area contributed by atoms with E-state index >= 15 is 0 Å². The second-order valence-corrected chi connectivity index (χ2v) is 12.3. The Bertz CT molecular complexity index is 1020. The summed E-state index contributed by atoms with van der Waals surface area (Å²) in [7, 11) is 1.68. The van der Waals surface area contributed by atoms with Gasteiger partial charge >= 0.3 is 0 Å². The number of nitrogens with zero attached hydrogens (tertiary/aromatic N) is 2. The average molecular weight is 590 g/mol. The Hall–Kier alpha value is -2.82. The molecule has 9 nitrogen and oxygen atoms in total. The van der Waals surface area contributed by atoms with Crippen molar-refractivity contribution in [3.05, 3.63) is 41.0 Å². The minimum Gasteiger partial charge on any atom is -0.391 e. The Kier molecular flexibility index (Phi) is 17.8. The van der Waals surface area contributed by atoms with E-state index in [0.717, 1.165) is 50.0 Å². The quantitative estimate of drug-likeness (QED) is 0.214. The van der Waals surface area contributed by atoms with Crippen molar-refractivity contribution in [2.75, 3.05) is 26.7 Å². The molecule has 3 rings (SSSR count). The van der Waals surface area contributed by atoms with E-state index in [1.54, 1.807) is 23.3 Å². The van der Waals surface area contributed by atoms with E-state index in [0.29, 0.717) is 32.3 Å². The normalized spacial score (nSPS) is 14.3. The number of thiazole rings is 1. The van der Waals surface area contributed by atoms with Crippen molar-refractivity contribution in [1.29, 1.82) is 0 Å². The number of amides is 3. The maximum absolute atomic E-state index is 11.6. The summed E-state index contributed by atoms with van der Waals surface area (Å²) in [6.45, 7) is 10.8. The molecule has 1 aromatic heterocycles. The predicted molar refractivity (Wildman–Crippen MR) is 167 cm³/mol. The smallest absolute Gasteiger partial charge is 0.223 e. The summed E-state index contributed by atoms with van der Waals surface area (Å²) in [5, 5.41) is 14.5. The molecule has 1 aromatic carbocycles. The van der Waals surface area contributed by atoms with Crippen LogP contribution in [0.25, 0.3) is 10.4 Å². The number of benzene rings is 1. The number of aromatic nitrogens is 1. The molecule has 1 aliphatic rings. The lowest BCUT2D eigenvalue weighted by atomic mass is 9.92. The molecule has 2 heterocycles. The largest absolute Gasteiger partial charge is 0.391 e. The van der Waals surface area contributed by atoms with Crippen LogP contribution >= 0.6 is 11.3 Å². The molecule has 1 unspecified atom stereocenters. The SMILES string of the molecule is CC(C)(C)CC(=O)N1CCC(O)C1.CNC(=O)CCCCCCCN.Cc1ncsc1-c1ccc(CNC=O)cc1. The molecular formula is C31H51N5O4S. The topological polar surface area (TPSA) is 138 Å². The molecule has 3 amide bonds. The Labute approximate surface area is 250 Å². The van der Waals surface area contributed by atoms with E-state index in [2.05, 4.69) is 48.5 Å². The number of β-amino-alcohol motifs (C(OH)–C–C–N with tert-alkyl or cyclic N) is 1. The Morgan fingerprint density at radius 3 is 2.32 bits per heavy atom. The molecule has 5 N–H and O–H groups in total. The summed E-state index contributed by atoms with van der Waals surface area (Å²) in [6.07, 6.45) is 8.04. The van der Waals surface area contributed by atoms with E-state index < -0.39 is 0 Å². The first-order chi connectivity index (χ1) is 19.5. The van der Waals surface area contributed by atoms with E-state index in [-0.39, 0.29) is 23.3 Å². The summed E-state index contributed by atoms with van der Waals surface area (Å²) >= 11 is 1.64. The first kappa shape index (κ1) is 36.2. The molecule has 1 saturated heterocycles. The third-order valence-corrected chi connectivity index (χ3v) is 7.41. The Morgan fingerprint density at radius 1 is 1.15 bits per heavy atom. The fourth-order valence-electron chi connectivity index (χ4n) is 4.13. The van der Waals surface area contributed by atoms with Gasteiger partial charge in [-0.3, -0.25) is 14.4 Å². The standard InChI is InChI=1S/C12H12N2OS.C10H19NO2.C9H20N2O/c1-9-12(16-8-14-9)11-4-2-10(3-5-11)6-13-7-15;1-10(2,3)6-9(13)11-5-4-8(12)7-11;1-11-9(12)7-5-3-2-4-6-8-10/h2-5,7-8H,6H2,1H3,(H,13,15);8,12H,4-7H2,1-3H3;2-8,10H2,1H3,(H,11,12). The van der Waals surface area contributed by atoms with Crippen molar-refractivity contribution in [1.82, 2.24) is 20.5 Å². The van der Waals surface area contributed by atoms with Crippen LogP contribution in [-0.4, -0.2) is 66.0 Å². The number of carbonyl (C=O) groups is 3. The summed E-state index contributed by atoms with van der Waals surface area (Å²) in [5.74, 6) is 0.317. The maximum Gasteiger partial charge on any atom is 0.223 e. The second kappa shape index (κ2) is 20.1. The monoisotopic (exact) mass is 589 g/mol. The number of rotatable bonds is 12. The third-order valence-electron chi connectivity index (χ3n) is 6.44. The van der Waals surface area contributed by atoms with Gasteiger partial charge in [0, 0.05) is 39.5 Å². The molecule has 41 heavy (non-hydrogen) atoms. The minimum absolute atomic E-state index is 0.0463. The van der Waals surface area contributed by atoms with Gasteiger partial charge in [0.1, 0.15) is 0 Å². The molecule has 0 spiro atoms. The van der Waals surface area contributed by atoms with Crippen molar-refractivity contribution < 1.29 is 19.5 Å². The van der Waals surface area contributed by atoms with Crippen molar-refractivity contribution in [3.63, 3.8) is 0 Å². The van der Waals surface area contributed by atoms with Crippen molar-refractivity contribution >= 4 is 29.6 Å². The van der Waals surface area contributed by atoms with Gasteiger partial charge in [0.25, 0.3) is 0 Å². The van der Waals surface area contributed by atoms with Crippen molar-refractivity contribution in [2.24, 2.45) is 11.1 Å². The molecule has 230 valence electrons. The van der Waals surface area contributed by atoms with Gasteiger partial charge in [-0.2, -0.15) is 0 Å². The second-order valence-electron chi connectivity index (χ2n) is 11.5. The molecule has 1 fully saturated rings. The van der Waals surface area contributed by atoms with Crippen LogP contribution in [0.1, 0.15) is 83.4 Å². The summed E-state index contributed by atoms with van der Waals surface area (Å²) in [6, 6.07) is 8.15. The van der Waals surface area contributed by atoms with Crippen LogP contribution < -0.4 is 16.4 Å². The fraction of sp³-hybridized carbons (Fsp3) is 0.613. The van der Waals surface area contributed by atoms with Crippen molar-refractivity contribution in [3.8, 4) is 10.4 Å². The van der Waals surface area contributed by atoms with Crippen LogP contribution in [0.3, 0.4) is 0 Å². The van der Waals surface area contributed by atoms with E-state index in [1.807, 2.05) is 24.6 Å². The molecule has 0 saturated carbocycles. The summed E-state index contributed by atoms with van der Waals surface area (Å²) < 4.78 is 0. The van der Waals surface area contributed by atoms with E-state index in [4.69, 9.17) is 5.73 Å². The Morgan fingerprint density at radius 2 is 1.80 bits per heavy atom. The highest BCUT2D eigenvalue weighted by Gasteiger charge is 2.27. The van der Waals surface area contributed by atoms with Crippen LogP contribution in [0.4, 0.5) is 0 Å². The lowest BCUT2D eigenvalue weighted by Gasteiger charge is -2.22. The van der Waals surface area contributed by atoms with Crippen LogP contribution in [0, 0.1) is 12.3 Å². The zero-order valence-electron chi connectivity index (χ0n) is 25.6. The molecule has 0 radical (unpaired) electrons. The number of hydrogen-bond acceptors (Lipinski definition) is 7. The summed E-state index contributed by atoms with van der Waals surface area (Å²) in [4.78, 5) is 39.7. The lowest BCUT2D eigenvalue weighted by molar-refractivity contribution is -0.132. The lowest BCUT2D eigenvalue weighted by Crippen LogP contribution is -2.32. The molecular weight excluding hydrogens is 538 g/mol. The van der Waals surface area contributed by atoms with Gasteiger partial charge in [-0.25, -0.2) is 4.98 Å². The minimum atomic E-state index is -0.302. The first-order valence-corrected chi connectivity index (χ1v) is 15.4. The number of hydrogen-bond donors (Lipinski definition) is 4. The molecule has 0 bridgehead atoms. The molecule has 2 aromatic rings. The highest BCUT2D eigenvalue weighted by Crippen LogP contribution is 2.27. The van der Waals surface area contributed by atoms with E-state index in [1.165, 1.54) is 23.3 Å². The highest BCUT2D eigenvalue weighted by molar-refractivity contribution is 7.13. The highest BCUT2D eigenvalue weighted by atomic mass is 32.1. The van der Waals surface area contributed by atoms with Crippen LogP contribution in [0.2, 0.25) is 0 Å². The summed E-state index contributed by atoms with van der Waals surface area (Å²) in [5.41, 5.74) is 10.6. The number of unbranched alkanes of at least 4 members (excludes halogenated alkanes) is 4. The van der Waals surface area contributed by atoms with E-state index in [9.17, 15) is 19.5 Å². The number of aryl methyl sites for hydroxylation is 1. The van der Waals surface area contributed by atoms with Gasteiger partial charge in [-0.05, 0) is 49.3 Å². The van der Waals surface area contributed by atoms with Crippen LogP contribution in [-0.2, 0) is 20.9 Å². The van der Waals surface area contributed by atoms with Gasteiger partial charge in [0.2, 0.25) is 18.2 Å². The first-order valence-electron chi connectivity index (χ1n) is 14.5. The molecule has 10 heteroatoms. The number of nitrogens with two attached hydrogens (primary N) is 1. The van der Waals surface area contributed by atoms with Gasteiger partial charge in [-0.1, -0.05) is 64.3 Å². The van der Waals surface area contributed by atoms with Gasteiger partial charge in [0.05, 0.1) is 22.2 Å². The average Bonchev–Trinajstić information content (AvgIpc) is 3.57. The molecule has 1 atom stereocenters. The number of likely N-dealkylation sites (tertiary alicyclic amines) is 1. The van der Waals surface area contributed by atoms with Crippen LogP contribution in [0.15, 0.2) is 29.8 Å². The molecule has 1 aliphatic heterocycles. The molecule has 0 aliphatic carbocycles. The zero-order chi connectivity index (χ0) is 30.7. The van der Waals surface area contributed by atoms with Crippen molar-refractivity contribution in [2.45, 2.75) is 91.7 Å². The number of aliphatic hydroxyl groups is 1. The Balaban J connectivity index is 0.000000312. The zero-order valence-corrected chi connectivity index (χ0v) is 26.4. The predicted octanol–water partition coefficient (Wildman–Crippen LogP) is 4.41. The van der Waals surface area contributed by atoms with Gasteiger partial charge in [0.15, 0.2) is 0 Å². The fourth-order valence-corrected chi connectivity index (χ4v) is 4.94. The number of aliphatic hydroxyl groups excluding tert-OH is 1.